The zero-order chi connectivity index (χ0) is 23.8. The summed E-state index contributed by atoms with van der Waals surface area (Å²) in [5.41, 5.74) is 2.45. The number of hydrogen-bond donors (Lipinski definition) is 1. The van der Waals surface area contributed by atoms with E-state index in [-0.39, 0.29) is 23.8 Å². The Hall–Kier alpha value is -3.94. The minimum absolute atomic E-state index is 0.0678. The van der Waals surface area contributed by atoms with Gasteiger partial charge in [0.25, 0.3) is 5.91 Å². The van der Waals surface area contributed by atoms with E-state index in [1.54, 1.807) is 23.6 Å². The predicted octanol–water partition coefficient (Wildman–Crippen LogP) is 3.02. The van der Waals surface area contributed by atoms with Crippen LogP contribution in [0.1, 0.15) is 44.6 Å². The van der Waals surface area contributed by atoms with Crippen molar-refractivity contribution < 1.29 is 19.1 Å². The van der Waals surface area contributed by atoms with Crippen molar-refractivity contribution in [3.63, 3.8) is 0 Å². The minimum atomic E-state index is -1.25. The second kappa shape index (κ2) is 8.54. The molecule has 0 unspecified atom stereocenters. The van der Waals surface area contributed by atoms with Crippen molar-refractivity contribution >= 4 is 23.5 Å². The van der Waals surface area contributed by atoms with Gasteiger partial charge in [0.1, 0.15) is 11.2 Å². The number of hydrogen-bond acceptors (Lipinski definition) is 5. The van der Waals surface area contributed by atoms with Crippen molar-refractivity contribution in [3.05, 3.63) is 82.9 Å². The van der Waals surface area contributed by atoms with Crippen molar-refractivity contribution in [2.24, 2.45) is 0 Å². The van der Waals surface area contributed by atoms with Gasteiger partial charge in [-0.05, 0) is 38.5 Å². The Balaban J connectivity index is 1.73. The Morgan fingerprint density at radius 2 is 1.67 bits per heavy atom. The van der Waals surface area contributed by atoms with Gasteiger partial charge in [-0.25, -0.2) is 9.78 Å². The number of aryl methyl sites for hydroxylation is 2. The third-order valence-electron chi connectivity index (χ3n) is 5.95. The fraction of sp³-hybridized carbons (Fsp3) is 0.280. The Bertz CT molecular complexity index is 1210. The summed E-state index contributed by atoms with van der Waals surface area (Å²) in [4.78, 5) is 45.0. The number of fused-ring (bicyclic) bond motifs is 1. The number of anilines is 1. The van der Waals surface area contributed by atoms with Gasteiger partial charge in [0, 0.05) is 12.2 Å². The standard InChI is InChI=1S/C25H26N4O4/c1-16-5-9-18(10-6-16)13-26-24(32)25(3)14-28-15-27-20(23(31)33-4)21(28)22(30)29(25)19-11-7-17(2)8-12-19/h5-12,15H,13-14H2,1-4H3,(H,26,32)/t25-/m1/s1. The summed E-state index contributed by atoms with van der Waals surface area (Å²) in [5, 5.41) is 2.97. The summed E-state index contributed by atoms with van der Waals surface area (Å²) < 4.78 is 6.34. The molecule has 0 saturated heterocycles. The molecule has 3 aromatic rings. The SMILES string of the molecule is COC(=O)c1ncn2c1C(=O)N(c1ccc(C)cc1)[C@@](C)(C(=O)NCc1ccc(C)cc1)C2. The van der Waals surface area contributed by atoms with Crippen LogP contribution in [0.25, 0.3) is 0 Å². The van der Waals surface area contributed by atoms with E-state index in [9.17, 15) is 14.4 Å². The summed E-state index contributed by atoms with van der Waals surface area (Å²) in [7, 11) is 1.24. The quantitative estimate of drug-likeness (QED) is 0.608. The van der Waals surface area contributed by atoms with E-state index in [0.29, 0.717) is 12.2 Å². The number of carbonyl (C=O) groups excluding carboxylic acids is 3. The van der Waals surface area contributed by atoms with Crippen LogP contribution in [0.5, 0.6) is 0 Å². The second-order valence-corrected chi connectivity index (χ2v) is 8.48. The number of benzene rings is 2. The molecule has 8 heteroatoms. The van der Waals surface area contributed by atoms with Crippen LogP contribution in [0.3, 0.4) is 0 Å². The van der Waals surface area contributed by atoms with E-state index in [0.717, 1.165) is 16.7 Å². The van der Waals surface area contributed by atoms with Crippen LogP contribution in [-0.4, -0.2) is 40.0 Å². The molecule has 170 valence electrons. The van der Waals surface area contributed by atoms with Crippen molar-refractivity contribution in [1.29, 1.82) is 0 Å². The number of rotatable bonds is 5. The van der Waals surface area contributed by atoms with Gasteiger partial charge < -0.3 is 14.6 Å². The summed E-state index contributed by atoms with van der Waals surface area (Å²) in [6, 6.07) is 15.2. The van der Waals surface area contributed by atoms with Crippen molar-refractivity contribution in [2.75, 3.05) is 12.0 Å². The number of nitrogens with one attached hydrogen (secondary N) is 1. The molecule has 0 bridgehead atoms. The van der Waals surface area contributed by atoms with E-state index >= 15 is 0 Å². The van der Waals surface area contributed by atoms with Crippen LogP contribution in [0, 0.1) is 13.8 Å². The summed E-state index contributed by atoms with van der Waals surface area (Å²) in [6.07, 6.45) is 1.40. The molecule has 1 N–H and O–H groups in total. The maximum absolute atomic E-state index is 13.7. The molecule has 33 heavy (non-hydrogen) atoms. The van der Waals surface area contributed by atoms with E-state index < -0.39 is 17.4 Å². The van der Waals surface area contributed by atoms with Crippen molar-refractivity contribution in [1.82, 2.24) is 14.9 Å². The smallest absolute Gasteiger partial charge is 0.359 e. The molecule has 2 heterocycles. The molecule has 1 aromatic heterocycles. The number of amides is 2. The van der Waals surface area contributed by atoms with Gasteiger partial charge in [0.05, 0.1) is 20.0 Å². The van der Waals surface area contributed by atoms with Crippen LogP contribution in [0.4, 0.5) is 5.69 Å². The van der Waals surface area contributed by atoms with Gasteiger partial charge in [0.2, 0.25) is 5.91 Å². The first-order chi connectivity index (χ1) is 15.7. The molecule has 2 aromatic carbocycles. The van der Waals surface area contributed by atoms with E-state index in [1.807, 2.05) is 50.2 Å². The normalized spacial score (nSPS) is 17.5. The number of nitrogens with zero attached hydrogens (tertiary/aromatic N) is 3. The van der Waals surface area contributed by atoms with Crippen molar-refractivity contribution in [2.45, 2.75) is 39.4 Å². The fourth-order valence-corrected chi connectivity index (χ4v) is 4.05. The molecular formula is C25H26N4O4. The highest BCUT2D eigenvalue weighted by molar-refractivity contribution is 6.15. The Kier molecular flexibility index (Phi) is 5.76. The zero-order valence-electron chi connectivity index (χ0n) is 19.1. The Morgan fingerprint density at radius 1 is 1.06 bits per heavy atom. The monoisotopic (exact) mass is 446 g/mol. The highest BCUT2D eigenvalue weighted by Gasteiger charge is 2.49. The lowest BCUT2D eigenvalue weighted by molar-refractivity contribution is -0.126. The minimum Gasteiger partial charge on any atom is -0.464 e. The number of esters is 1. The first-order valence-corrected chi connectivity index (χ1v) is 10.6. The fourth-order valence-electron chi connectivity index (χ4n) is 4.05. The van der Waals surface area contributed by atoms with Gasteiger partial charge in [-0.2, -0.15) is 0 Å². The molecule has 8 nitrogen and oxygen atoms in total. The van der Waals surface area contributed by atoms with Crippen molar-refractivity contribution in [3.8, 4) is 0 Å². The summed E-state index contributed by atoms with van der Waals surface area (Å²) >= 11 is 0. The first kappa shape index (κ1) is 22.3. The largest absolute Gasteiger partial charge is 0.464 e. The second-order valence-electron chi connectivity index (χ2n) is 8.48. The number of carbonyl (C=O) groups is 3. The molecule has 2 amide bonds. The summed E-state index contributed by atoms with van der Waals surface area (Å²) in [6.45, 7) is 6.12. The average molecular weight is 447 g/mol. The first-order valence-electron chi connectivity index (χ1n) is 10.6. The molecule has 0 saturated carbocycles. The number of methoxy groups -OCH3 is 1. The highest BCUT2D eigenvalue weighted by Crippen LogP contribution is 2.34. The zero-order valence-corrected chi connectivity index (χ0v) is 19.1. The Labute approximate surface area is 192 Å². The van der Waals surface area contributed by atoms with Crippen LogP contribution in [-0.2, 0) is 22.6 Å². The lowest BCUT2D eigenvalue weighted by atomic mass is 9.93. The van der Waals surface area contributed by atoms with E-state index in [1.165, 1.54) is 18.3 Å². The molecule has 1 aliphatic rings. The van der Waals surface area contributed by atoms with Crippen LogP contribution >= 0.6 is 0 Å². The van der Waals surface area contributed by atoms with E-state index in [2.05, 4.69) is 10.3 Å². The average Bonchev–Trinajstić information content (AvgIpc) is 3.23. The summed E-state index contributed by atoms with van der Waals surface area (Å²) in [5.74, 6) is -1.50. The number of ether oxygens (including phenoxy) is 1. The molecule has 0 spiro atoms. The Morgan fingerprint density at radius 3 is 2.27 bits per heavy atom. The van der Waals surface area contributed by atoms with Gasteiger partial charge in [0.15, 0.2) is 5.69 Å². The molecule has 0 radical (unpaired) electrons. The molecule has 0 fully saturated rings. The van der Waals surface area contributed by atoms with Gasteiger partial charge in [-0.15, -0.1) is 0 Å². The molecule has 1 atom stereocenters. The van der Waals surface area contributed by atoms with Gasteiger partial charge >= 0.3 is 5.97 Å². The van der Waals surface area contributed by atoms with E-state index in [4.69, 9.17) is 4.74 Å². The lowest BCUT2D eigenvalue weighted by Crippen LogP contribution is -2.64. The molecule has 1 aliphatic heterocycles. The third kappa shape index (κ3) is 4.00. The maximum Gasteiger partial charge on any atom is 0.359 e. The lowest BCUT2D eigenvalue weighted by Gasteiger charge is -2.43. The van der Waals surface area contributed by atoms with Crippen LogP contribution in [0.15, 0.2) is 54.9 Å². The van der Waals surface area contributed by atoms with Gasteiger partial charge in [-0.3, -0.25) is 14.5 Å². The van der Waals surface area contributed by atoms with Gasteiger partial charge in [-0.1, -0.05) is 47.5 Å². The number of aromatic nitrogens is 2. The predicted molar refractivity (Wildman–Crippen MR) is 123 cm³/mol. The highest BCUT2D eigenvalue weighted by atomic mass is 16.5. The molecule has 4 rings (SSSR count). The number of imidazole rings is 1. The molecule has 0 aliphatic carbocycles. The van der Waals surface area contributed by atoms with Crippen LogP contribution in [0.2, 0.25) is 0 Å². The molecular weight excluding hydrogens is 420 g/mol. The third-order valence-corrected chi connectivity index (χ3v) is 5.95. The van der Waals surface area contributed by atoms with Crippen LogP contribution < -0.4 is 10.2 Å². The maximum atomic E-state index is 13.7. The topological polar surface area (TPSA) is 93.5 Å².